The van der Waals surface area contributed by atoms with Gasteiger partial charge in [-0.15, -0.1) is 11.8 Å². The van der Waals surface area contributed by atoms with E-state index in [1.54, 1.807) is 0 Å². The molecule has 2 rings (SSSR count). The van der Waals surface area contributed by atoms with Crippen molar-refractivity contribution < 1.29 is 14.3 Å². The highest BCUT2D eigenvalue weighted by molar-refractivity contribution is 8.00. The summed E-state index contributed by atoms with van der Waals surface area (Å²) in [5, 5.41) is 2.87. The van der Waals surface area contributed by atoms with E-state index >= 15 is 0 Å². The summed E-state index contributed by atoms with van der Waals surface area (Å²) >= 11 is 1.41. The minimum Gasteiger partial charge on any atom is -0.468 e. The fraction of sp³-hybridized carbons (Fsp3) is 0.385. The summed E-state index contributed by atoms with van der Waals surface area (Å²) in [5.74, 6) is 0.360. The maximum Gasteiger partial charge on any atom is 0.315 e. The molecule has 4 nitrogen and oxygen atoms in total. The molecule has 96 valence electrons. The van der Waals surface area contributed by atoms with Gasteiger partial charge in [0.15, 0.2) is 0 Å². The predicted molar refractivity (Wildman–Crippen MR) is 70.5 cm³/mol. The van der Waals surface area contributed by atoms with Gasteiger partial charge in [0.25, 0.3) is 0 Å². The summed E-state index contributed by atoms with van der Waals surface area (Å²) in [4.78, 5) is 23.5. The minimum atomic E-state index is -0.244. The number of nitrogens with one attached hydrogen (secondary N) is 1. The number of carbonyl (C=O) groups is 2. The van der Waals surface area contributed by atoms with Gasteiger partial charge in [-0.25, -0.2) is 0 Å². The standard InChI is InChI=1S/C13H15NO3S/c1-17-12(15)8-18-11-6-4-10(5-7-11)14-13(16)9-2-3-9/h4-7,9H,2-3,8H2,1H3,(H,14,16). The molecule has 0 aliphatic heterocycles. The Morgan fingerprint density at radius 3 is 2.56 bits per heavy atom. The maximum atomic E-state index is 11.5. The van der Waals surface area contributed by atoms with Crippen LogP contribution in [0.4, 0.5) is 5.69 Å². The number of rotatable bonds is 5. The third-order valence-electron chi connectivity index (χ3n) is 2.65. The molecular formula is C13H15NO3S. The molecule has 0 spiro atoms. The van der Waals surface area contributed by atoms with Crippen LogP contribution in [-0.2, 0) is 14.3 Å². The number of benzene rings is 1. The summed E-state index contributed by atoms with van der Waals surface area (Å²) in [6, 6.07) is 7.46. The van der Waals surface area contributed by atoms with E-state index in [1.807, 2.05) is 24.3 Å². The summed E-state index contributed by atoms with van der Waals surface area (Å²) in [5.41, 5.74) is 0.800. The number of carbonyl (C=O) groups excluding carboxylic acids is 2. The van der Waals surface area contributed by atoms with Crippen LogP contribution in [0.25, 0.3) is 0 Å². The molecule has 1 saturated carbocycles. The minimum absolute atomic E-state index is 0.102. The highest BCUT2D eigenvalue weighted by Gasteiger charge is 2.29. The van der Waals surface area contributed by atoms with E-state index in [9.17, 15) is 9.59 Å². The monoisotopic (exact) mass is 265 g/mol. The molecular weight excluding hydrogens is 250 g/mol. The van der Waals surface area contributed by atoms with E-state index in [2.05, 4.69) is 10.1 Å². The van der Waals surface area contributed by atoms with Crippen molar-refractivity contribution in [2.45, 2.75) is 17.7 Å². The second-order valence-corrected chi connectivity index (χ2v) is 5.20. The molecule has 1 aromatic rings. The van der Waals surface area contributed by atoms with Crippen LogP contribution in [0.15, 0.2) is 29.2 Å². The first-order valence-electron chi connectivity index (χ1n) is 5.79. The van der Waals surface area contributed by atoms with Crippen LogP contribution >= 0.6 is 11.8 Å². The Kier molecular flexibility index (Phi) is 4.25. The molecule has 0 bridgehead atoms. The third kappa shape index (κ3) is 3.77. The first-order chi connectivity index (χ1) is 8.69. The van der Waals surface area contributed by atoms with E-state index in [0.717, 1.165) is 23.4 Å². The zero-order valence-electron chi connectivity index (χ0n) is 10.1. The van der Waals surface area contributed by atoms with Gasteiger partial charge in [-0.3, -0.25) is 9.59 Å². The number of methoxy groups -OCH3 is 1. The Balaban J connectivity index is 1.84. The highest BCUT2D eigenvalue weighted by atomic mass is 32.2. The van der Waals surface area contributed by atoms with Crippen molar-refractivity contribution in [3.05, 3.63) is 24.3 Å². The Labute approximate surface area is 110 Å². The van der Waals surface area contributed by atoms with E-state index in [1.165, 1.54) is 18.9 Å². The molecule has 1 aliphatic carbocycles. The van der Waals surface area contributed by atoms with Gasteiger partial charge < -0.3 is 10.1 Å². The first kappa shape index (κ1) is 13.0. The predicted octanol–water partition coefficient (Wildman–Crippen LogP) is 2.30. The van der Waals surface area contributed by atoms with Gasteiger partial charge in [-0.2, -0.15) is 0 Å². The van der Waals surface area contributed by atoms with Crippen LogP contribution in [0.2, 0.25) is 0 Å². The van der Waals surface area contributed by atoms with Gasteiger partial charge in [0.2, 0.25) is 5.91 Å². The number of amides is 1. The molecule has 0 atom stereocenters. The zero-order chi connectivity index (χ0) is 13.0. The molecule has 1 N–H and O–H groups in total. The Bertz CT molecular complexity index is 440. The molecule has 18 heavy (non-hydrogen) atoms. The van der Waals surface area contributed by atoms with Crippen LogP contribution in [0.5, 0.6) is 0 Å². The van der Waals surface area contributed by atoms with Gasteiger partial charge in [0, 0.05) is 16.5 Å². The van der Waals surface area contributed by atoms with Gasteiger partial charge >= 0.3 is 5.97 Å². The van der Waals surface area contributed by atoms with Crippen molar-refractivity contribution in [2.24, 2.45) is 5.92 Å². The van der Waals surface area contributed by atoms with Gasteiger partial charge in [0.05, 0.1) is 12.9 Å². The third-order valence-corrected chi connectivity index (χ3v) is 3.64. The lowest BCUT2D eigenvalue weighted by Crippen LogP contribution is -2.13. The van der Waals surface area contributed by atoms with E-state index < -0.39 is 0 Å². The van der Waals surface area contributed by atoms with E-state index in [4.69, 9.17) is 0 Å². The first-order valence-corrected chi connectivity index (χ1v) is 6.78. The molecule has 1 amide bonds. The molecule has 0 unspecified atom stereocenters. The lowest BCUT2D eigenvalue weighted by atomic mass is 10.3. The van der Waals surface area contributed by atoms with Crippen molar-refractivity contribution in [1.29, 1.82) is 0 Å². The van der Waals surface area contributed by atoms with Crippen LogP contribution < -0.4 is 5.32 Å². The van der Waals surface area contributed by atoms with Crippen molar-refractivity contribution in [3.63, 3.8) is 0 Å². The van der Waals surface area contributed by atoms with Gasteiger partial charge in [0.1, 0.15) is 0 Å². The van der Waals surface area contributed by atoms with Crippen molar-refractivity contribution >= 4 is 29.3 Å². The Morgan fingerprint density at radius 1 is 1.33 bits per heavy atom. The van der Waals surface area contributed by atoms with Gasteiger partial charge in [-0.05, 0) is 37.1 Å². The smallest absolute Gasteiger partial charge is 0.315 e. The average molecular weight is 265 g/mol. The molecule has 0 radical (unpaired) electrons. The second kappa shape index (κ2) is 5.91. The molecule has 1 aliphatic rings. The fourth-order valence-electron chi connectivity index (χ4n) is 1.43. The summed E-state index contributed by atoms with van der Waals surface area (Å²) in [6.07, 6.45) is 2.00. The number of anilines is 1. The van der Waals surface area contributed by atoms with E-state index in [0.29, 0.717) is 5.75 Å². The number of esters is 1. The number of hydrogen-bond donors (Lipinski definition) is 1. The number of thioether (sulfide) groups is 1. The maximum absolute atomic E-state index is 11.5. The SMILES string of the molecule is COC(=O)CSc1ccc(NC(=O)C2CC2)cc1. The van der Waals surface area contributed by atoms with E-state index in [-0.39, 0.29) is 17.8 Å². The van der Waals surface area contributed by atoms with Crippen molar-refractivity contribution in [3.8, 4) is 0 Å². The quantitative estimate of drug-likeness (QED) is 0.655. The van der Waals surface area contributed by atoms with Crippen LogP contribution in [0.3, 0.4) is 0 Å². The Hall–Kier alpha value is -1.49. The molecule has 5 heteroatoms. The number of ether oxygens (including phenoxy) is 1. The average Bonchev–Trinajstić information content (AvgIpc) is 3.21. The Morgan fingerprint density at radius 2 is 2.00 bits per heavy atom. The van der Waals surface area contributed by atoms with Crippen molar-refractivity contribution in [2.75, 3.05) is 18.2 Å². The fourth-order valence-corrected chi connectivity index (χ4v) is 2.16. The molecule has 0 aromatic heterocycles. The summed E-state index contributed by atoms with van der Waals surface area (Å²) < 4.78 is 4.56. The molecule has 0 saturated heterocycles. The van der Waals surface area contributed by atoms with Crippen LogP contribution in [0, 0.1) is 5.92 Å². The lowest BCUT2D eigenvalue weighted by Gasteiger charge is -2.05. The normalized spacial score (nSPS) is 14.1. The molecule has 1 fully saturated rings. The second-order valence-electron chi connectivity index (χ2n) is 4.15. The van der Waals surface area contributed by atoms with Crippen molar-refractivity contribution in [1.82, 2.24) is 0 Å². The summed E-state index contributed by atoms with van der Waals surface area (Å²) in [7, 11) is 1.37. The summed E-state index contributed by atoms with van der Waals surface area (Å²) in [6.45, 7) is 0. The lowest BCUT2D eigenvalue weighted by molar-refractivity contribution is -0.137. The topological polar surface area (TPSA) is 55.4 Å². The number of hydrogen-bond acceptors (Lipinski definition) is 4. The molecule has 1 aromatic carbocycles. The molecule has 0 heterocycles. The van der Waals surface area contributed by atoms with Gasteiger partial charge in [-0.1, -0.05) is 0 Å². The largest absolute Gasteiger partial charge is 0.468 e. The van der Waals surface area contributed by atoms with Crippen LogP contribution in [0.1, 0.15) is 12.8 Å². The highest BCUT2D eigenvalue weighted by Crippen LogP contribution is 2.30. The zero-order valence-corrected chi connectivity index (χ0v) is 11.0. The van der Waals surface area contributed by atoms with Crippen LogP contribution in [-0.4, -0.2) is 24.7 Å².